The maximum absolute atomic E-state index is 13.2. The third-order valence-electron chi connectivity index (χ3n) is 2.97. The van der Waals surface area contributed by atoms with Crippen LogP contribution in [0.15, 0.2) is 42.6 Å². The molecule has 1 N–H and O–H groups in total. The summed E-state index contributed by atoms with van der Waals surface area (Å²) >= 11 is 0. The van der Waals surface area contributed by atoms with Crippen molar-refractivity contribution in [2.45, 2.75) is 39.4 Å². The van der Waals surface area contributed by atoms with Crippen LogP contribution in [0.25, 0.3) is 0 Å². The molecule has 0 saturated carbocycles. The van der Waals surface area contributed by atoms with Crippen LogP contribution in [0.3, 0.4) is 0 Å². The molecule has 2 nitrogen and oxygen atoms in total. The highest BCUT2D eigenvalue weighted by atomic mass is 19.1. The number of halogens is 1. The summed E-state index contributed by atoms with van der Waals surface area (Å²) in [6.45, 7) is 7.95. The second-order valence-electron chi connectivity index (χ2n) is 5.86. The van der Waals surface area contributed by atoms with Gasteiger partial charge in [-0.25, -0.2) is 4.39 Å². The van der Waals surface area contributed by atoms with Gasteiger partial charge in [-0.05, 0) is 50.6 Å². The van der Waals surface area contributed by atoms with Gasteiger partial charge in [0.15, 0.2) is 0 Å². The van der Waals surface area contributed by atoms with Gasteiger partial charge in [-0.1, -0.05) is 12.1 Å². The Morgan fingerprint density at radius 3 is 2.63 bits per heavy atom. The lowest BCUT2D eigenvalue weighted by Gasteiger charge is -2.21. The Bertz CT molecular complexity index is 538. The Morgan fingerprint density at radius 1 is 1.16 bits per heavy atom. The van der Waals surface area contributed by atoms with E-state index in [-0.39, 0.29) is 11.4 Å². The van der Waals surface area contributed by atoms with E-state index in [1.165, 1.54) is 11.8 Å². The minimum absolute atomic E-state index is 0.0912. The summed E-state index contributed by atoms with van der Waals surface area (Å²) in [5.74, 6) is -0.181. The molecule has 1 aromatic carbocycles. The molecule has 0 fully saturated rings. The van der Waals surface area contributed by atoms with Gasteiger partial charge >= 0.3 is 0 Å². The quantitative estimate of drug-likeness (QED) is 0.889. The lowest BCUT2D eigenvalue weighted by Crippen LogP contribution is -2.35. The van der Waals surface area contributed by atoms with Crippen molar-refractivity contribution in [3.05, 3.63) is 59.7 Å². The number of hydrogen-bond donors (Lipinski definition) is 1. The van der Waals surface area contributed by atoms with Gasteiger partial charge in [0.2, 0.25) is 0 Å². The normalized spacial score (nSPS) is 11.8. The number of hydrogen-bond acceptors (Lipinski definition) is 1. The minimum atomic E-state index is -0.181. The van der Waals surface area contributed by atoms with E-state index in [2.05, 4.69) is 36.7 Å². The molecule has 2 rings (SSSR count). The van der Waals surface area contributed by atoms with Crippen LogP contribution >= 0.6 is 0 Å². The zero-order valence-corrected chi connectivity index (χ0v) is 11.8. The van der Waals surface area contributed by atoms with Gasteiger partial charge in [0.1, 0.15) is 5.82 Å². The van der Waals surface area contributed by atoms with E-state index in [0.717, 1.165) is 12.1 Å². The fourth-order valence-electron chi connectivity index (χ4n) is 1.95. The van der Waals surface area contributed by atoms with E-state index in [4.69, 9.17) is 0 Å². The molecular formula is C16H21FN2. The summed E-state index contributed by atoms with van der Waals surface area (Å²) in [6, 6.07) is 10.9. The van der Waals surface area contributed by atoms with Gasteiger partial charge in [-0.15, -0.1) is 0 Å². The highest BCUT2D eigenvalue weighted by molar-refractivity contribution is 5.18. The van der Waals surface area contributed by atoms with Gasteiger partial charge in [0, 0.05) is 30.5 Å². The monoisotopic (exact) mass is 260 g/mol. The molecule has 0 atom stereocenters. The molecule has 102 valence electrons. The molecule has 0 bridgehead atoms. The van der Waals surface area contributed by atoms with Crippen LogP contribution in [-0.4, -0.2) is 10.1 Å². The van der Waals surface area contributed by atoms with Crippen LogP contribution in [-0.2, 0) is 13.1 Å². The smallest absolute Gasteiger partial charge is 0.123 e. The number of nitrogens with zero attached hydrogens (tertiary/aromatic N) is 1. The molecule has 1 heterocycles. The first kappa shape index (κ1) is 13.8. The van der Waals surface area contributed by atoms with Crippen molar-refractivity contribution in [3.63, 3.8) is 0 Å². The van der Waals surface area contributed by atoms with Crippen molar-refractivity contribution in [2.24, 2.45) is 0 Å². The first-order valence-corrected chi connectivity index (χ1v) is 6.57. The van der Waals surface area contributed by atoms with Gasteiger partial charge in [-0.3, -0.25) is 0 Å². The number of benzene rings is 1. The van der Waals surface area contributed by atoms with Crippen molar-refractivity contribution >= 4 is 0 Å². The van der Waals surface area contributed by atoms with Crippen LogP contribution in [0.5, 0.6) is 0 Å². The van der Waals surface area contributed by atoms with E-state index in [1.54, 1.807) is 12.1 Å². The molecule has 3 heteroatoms. The average molecular weight is 260 g/mol. The summed E-state index contributed by atoms with van der Waals surface area (Å²) in [5, 5.41) is 3.47. The maximum atomic E-state index is 13.2. The fraction of sp³-hybridized carbons (Fsp3) is 0.375. The van der Waals surface area contributed by atoms with E-state index < -0.39 is 0 Å². The molecule has 0 unspecified atom stereocenters. The highest BCUT2D eigenvalue weighted by Gasteiger charge is 2.10. The second kappa shape index (κ2) is 5.57. The molecule has 19 heavy (non-hydrogen) atoms. The highest BCUT2D eigenvalue weighted by Crippen LogP contribution is 2.10. The molecule has 0 aliphatic heterocycles. The molecule has 0 radical (unpaired) electrons. The van der Waals surface area contributed by atoms with E-state index in [0.29, 0.717) is 6.54 Å². The third kappa shape index (κ3) is 4.21. The Morgan fingerprint density at radius 2 is 1.95 bits per heavy atom. The van der Waals surface area contributed by atoms with Crippen LogP contribution in [0.2, 0.25) is 0 Å². The van der Waals surface area contributed by atoms with Crippen molar-refractivity contribution in [3.8, 4) is 0 Å². The van der Waals surface area contributed by atoms with Crippen LogP contribution < -0.4 is 5.32 Å². The Labute approximate surface area is 114 Å². The van der Waals surface area contributed by atoms with Crippen molar-refractivity contribution in [2.75, 3.05) is 0 Å². The van der Waals surface area contributed by atoms with Crippen LogP contribution in [0, 0.1) is 5.82 Å². The van der Waals surface area contributed by atoms with Gasteiger partial charge in [0.25, 0.3) is 0 Å². The predicted molar refractivity (Wildman–Crippen MR) is 76.5 cm³/mol. The first-order valence-electron chi connectivity index (χ1n) is 6.57. The number of nitrogens with one attached hydrogen (secondary N) is 1. The van der Waals surface area contributed by atoms with Crippen molar-refractivity contribution in [1.82, 2.24) is 9.88 Å². The van der Waals surface area contributed by atoms with Crippen molar-refractivity contribution in [1.29, 1.82) is 0 Å². The molecule has 0 amide bonds. The minimum Gasteiger partial charge on any atom is -0.346 e. The van der Waals surface area contributed by atoms with E-state index >= 15 is 0 Å². The Hall–Kier alpha value is -1.61. The van der Waals surface area contributed by atoms with Gasteiger partial charge in [0.05, 0.1) is 0 Å². The molecule has 1 aromatic heterocycles. The summed E-state index contributed by atoms with van der Waals surface area (Å²) in [7, 11) is 0. The average Bonchev–Trinajstić information content (AvgIpc) is 2.73. The molecule has 2 aromatic rings. The number of aromatic nitrogens is 1. The largest absolute Gasteiger partial charge is 0.346 e. The van der Waals surface area contributed by atoms with Crippen molar-refractivity contribution < 1.29 is 4.39 Å². The van der Waals surface area contributed by atoms with Gasteiger partial charge < -0.3 is 9.88 Å². The standard InChI is InChI=1S/C16H21FN2/c1-16(2,3)18-11-15-8-5-9-19(15)12-13-6-4-7-14(17)10-13/h4-10,18H,11-12H2,1-3H3. The maximum Gasteiger partial charge on any atom is 0.123 e. The second-order valence-corrected chi connectivity index (χ2v) is 5.86. The lowest BCUT2D eigenvalue weighted by atomic mass is 10.1. The summed E-state index contributed by atoms with van der Waals surface area (Å²) < 4.78 is 15.3. The fourth-order valence-corrected chi connectivity index (χ4v) is 1.95. The van der Waals surface area contributed by atoms with E-state index in [9.17, 15) is 4.39 Å². The Balaban J connectivity index is 2.07. The number of rotatable bonds is 4. The predicted octanol–water partition coefficient (Wildman–Crippen LogP) is 3.56. The molecule has 0 spiro atoms. The summed E-state index contributed by atoms with van der Waals surface area (Å²) in [6.07, 6.45) is 2.03. The van der Waals surface area contributed by atoms with Gasteiger partial charge in [-0.2, -0.15) is 0 Å². The van der Waals surface area contributed by atoms with Crippen LogP contribution in [0.4, 0.5) is 4.39 Å². The first-order chi connectivity index (χ1) is 8.94. The third-order valence-corrected chi connectivity index (χ3v) is 2.97. The zero-order valence-electron chi connectivity index (χ0n) is 11.8. The topological polar surface area (TPSA) is 17.0 Å². The van der Waals surface area contributed by atoms with E-state index in [1.807, 2.05) is 18.3 Å². The summed E-state index contributed by atoms with van der Waals surface area (Å²) in [5.41, 5.74) is 2.28. The molecule has 0 aliphatic carbocycles. The summed E-state index contributed by atoms with van der Waals surface area (Å²) in [4.78, 5) is 0. The SMILES string of the molecule is CC(C)(C)NCc1cccn1Cc1cccc(F)c1. The Kier molecular flexibility index (Phi) is 4.05. The molecule has 0 saturated heterocycles. The zero-order chi connectivity index (χ0) is 13.9. The van der Waals surface area contributed by atoms with Crippen LogP contribution in [0.1, 0.15) is 32.0 Å². The molecular weight excluding hydrogens is 239 g/mol. The lowest BCUT2D eigenvalue weighted by molar-refractivity contribution is 0.417. The molecule has 0 aliphatic rings.